The number of nitrogens with zero attached hydrogens (tertiary/aromatic N) is 1. The highest BCUT2D eigenvalue weighted by Gasteiger charge is 2.20. The van der Waals surface area contributed by atoms with Crippen LogP contribution in [0, 0.1) is 0 Å². The van der Waals surface area contributed by atoms with Crippen LogP contribution in [-0.4, -0.2) is 53.2 Å². The van der Waals surface area contributed by atoms with Gasteiger partial charge in [0.1, 0.15) is 10.1 Å². The summed E-state index contributed by atoms with van der Waals surface area (Å²) in [5.41, 5.74) is 0.934. The van der Waals surface area contributed by atoms with Crippen molar-refractivity contribution in [1.82, 2.24) is 10.2 Å². The average Bonchev–Trinajstić information content (AvgIpc) is 3.19. The zero-order valence-corrected chi connectivity index (χ0v) is 16.7. The van der Waals surface area contributed by atoms with E-state index >= 15 is 0 Å². The van der Waals surface area contributed by atoms with Gasteiger partial charge in [0.15, 0.2) is 6.10 Å². The van der Waals surface area contributed by atoms with Gasteiger partial charge in [0.05, 0.1) is 12.9 Å². The van der Waals surface area contributed by atoms with Crippen molar-refractivity contribution in [2.24, 2.45) is 0 Å². The van der Waals surface area contributed by atoms with Gasteiger partial charge in [0, 0.05) is 19.6 Å². The normalized spacial score (nSPS) is 14.6. The minimum atomic E-state index is -0.846. The van der Waals surface area contributed by atoms with Crippen LogP contribution in [0.2, 0.25) is 0 Å². The number of benzene rings is 1. The second-order valence-corrected chi connectivity index (χ2v) is 7.56. The van der Waals surface area contributed by atoms with Crippen LogP contribution < -0.4 is 10.1 Å². The topological polar surface area (TPSA) is 67.9 Å². The van der Waals surface area contributed by atoms with Crippen LogP contribution in [0.1, 0.15) is 25.3 Å². The lowest BCUT2D eigenvalue weighted by molar-refractivity contribution is -0.152. The summed E-state index contributed by atoms with van der Waals surface area (Å²) in [6, 6.07) is 7.38. The number of rotatable bonds is 7. The van der Waals surface area contributed by atoms with Crippen molar-refractivity contribution in [3.8, 4) is 5.75 Å². The maximum absolute atomic E-state index is 12.1. The molecule has 1 atom stereocenters. The fourth-order valence-corrected chi connectivity index (χ4v) is 3.51. The molecule has 6 nitrogen and oxygen atoms in total. The van der Waals surface area contributed by atoms with E-state index in [4.69, 9.17) is 21.7 Å². The molecule has 0 saturated carbocycles. The van der Waals surface area contributed by atoms with Crippen LogP contribution in [0.4, 0.5) is 0 Å². The van der Waals surface area contributed by atoms with Gasteiger partial charge in [-0.3, -0.25) is 9.59 Å². The highest BCUT2D eigenvalue weighted by molar-refractivity contribution is 8.23. The predicted octanol–water partition coefficient (Wildman–Crippen LogP) is 2.36. The summed E-state index contributed by atoms with van der Waals surface area (Å²) in [7, 11) is 1.60. The number of likely N-dealkylation sites (tertiary alicyclic amines) is 1. The zero-order valence-electron chi connectivity index (χ0n) is 15.0. The van der Waals surface area contributed by atoms with E-state index in [0.29, 0.717) is 6.54 Å². The Morgan fingerprint density at radius 3 is 2.54 bits per heavy atom. The van der Waals surface area contributed by atoms with E-state index < -0.39 is 12.1 Å². The Labute approximate surface area is 163 Å². The van der Waals surface area contributed by atoms with Crippen molar-refractivity contribution in [3.63, 3.8) is 0 Å². The van der Waals surface area contributed by atoms with Gasteiger partial charge in [-0.25, -0.2) is 0 Å². The standard InChI is InChI=1S/C18H24N2O4S2/c1-13(17(22)19-11-14-5-7-15(23-2)8-6-14)24-16(21)12-26-18(25)20-9-3-4-10-20/h5-8,13H,3-4,9-12H2,1-2H3,(H,19,22)/t13-/m0/s1. The van der Waals surface area contributed by atoms with Gasteiger partial charge in [0.2, 0.25) is 0 Å². The first-order chi connectivity index (χ1) is 12.5. The second kappa shape index (κ2) is 10.4. The number of thiocarbonyl (C=S) groups is 1. The number of thioether (sulfide) groups is 1. The van der Waals surface area contributed by atoms with E-state index in [2.05, 4.69) is 10.2 Å². The number of carbonyl (C=O) groups excluding carboxylic acids is 2. The molecule has 0 aliphatic carbocycles. The van der Waals surface area contributed by atoms with Gasteiger partial charge in [-0.15, -0.1) is 0 Å². The smallest absolute Gasteiger partial charge is 0.317 e. The summed E-state index contributed by atoms with van der Waals surface area (Å²) < 4.78 is 11.0. The molecule has 1 aromatic rings. The van der Waals surface area contributed by atoms with Gasteiger partial charge < -0.3 is 19.7 Å². The molecule has 26 heavy (non-hydrogen) atoms. The van der Waals surface area contributed by atoms with Crippen molar-refractivity contribution < 1.29 is 19.1 Å². The molecule has 1 fully saturated rings. The monoisotopic (exact) mass is 396 g/mol. The third-order valence-corrected chi connectivity index (χ3v) is 5.48. The third-order valence-electron chi connectivity index (χ3n) is 3.98. The molecule has 0 spiro atoms. The Morgan fingerprint density at radius 1 is 1.27 bits per heavy atom. The summed E-state index contributed by atoms with van der Waals surface area (Å²) in [5.74, 6) is 0.0995. The van der Waals surface area contributed by atoms with Crippen LogP contribution in [0.15, 0.2) is 24.3 Å². The molecular formula is C18H24N2O4S2. The lowest BCUT2D eigenvalue weighted by Gasteiger charge is -2.18. The van der Waals surface area contributed by atoms with Gasteiger partial charge in [-0.2, -0.15) is 0 Å². The summed E-state index contributed by atoms with van der Waals surface area (Å²) in [6.45, 7) is 3.82. The first kappa shape index (κ1) is 20.5. The van der Waals surface area contributed by atoms with E-state index in [9.17, 15) is 9.59 Å². The fourth-order valence-electron chi connectivity index (χ4n) is 2.47. The van der Waals surface area contributed by atoms with Crippen molar-refractivity contribution in [3.05, 3.63) is 29.8 Å². The molecule has 0 radical (unpaired) electrons. The Hall–Kier alpha value is -1.80. The van der Waals surface area contributed by atoms with E-state index in [-0.39, 0.29) is 11.7 Å². The average molecular weight is 397 g/mol. The van der Waals surface area contributed by atoms with Gasteiger partial charge in [-0.05, 0) is 37.5 Å². The van der Waals surface area contributed by atoms with Crippen LogP contribution in [0.5, 0.6) is 5.75 Å². The maximum Gasteiger partial charge on any atom is 0.317 e. The van der Waals surface area contributed by atoms with E-state index in [1.165, 1.54) is 11.8 Å². The molecular weight excluding hydrogens is 372 g/mol. The van der Waals surface area contributed by atoms with Gasteiger partial charge >= 0.3 is 5.97 Å². The molecule has 1 aliphatic heterocycles. The quantitative estimate of drug-likeness (QED) is 0.560. The molecule has 1 amide bonds. The van der Waals surface area contributed by atoms with Gasteiger partial charge in [-0.1, -0.05) is 36.1 Å². The molecule has 1 aliphatic rings. The SMILES string of the molecule is COc1ccc(CNC(=O)[C@H](C)OC(=O)CSC(=S)N2CCCC2)cc1. The second-order valence-electron chi connectivity index (χ2n) is 5.95. The molecule has 142 valence electrons. The number of nitrogens with one attached hydrogen (secondary N) is 1. The third kappa shape index (κ3) is 6.49. The minimum absolute atomic E-state index is 0.117. The fraction of sp³-hybridized carbons (Fsp3) is 0.500. The van der Waals surface area contributed by atoms with Crippen LogP contribution in [-0.2, 0) is 20.9 Å². The number of methoxy groups -OCH3 is 1. The van der Waals surface area contributed by atoms with Crippen LogP contribution in [0.25, 0.3) is 0 Å². The summed E-state index contributed by atoms with van der Waals surface area (Å²) in [5, 5.41) is 2.75. The molecule has 1 aromatic carbocycles. The minimum Gasteiger partial charge on any atom is -0.497 e. The summed E-state index contributed by atoms with van der Waals surface area (Å²) in [4.78, 5) is 26.1. The van der Waals surface area contributed by atoms with Crippen molar-refractivity contribution >= 4 is 40.2 Å². The molecule has 2 rings (SSSR count). The Balaban J connectivity index is 1.68. The number of esters is 1. The Bertz CT molecular complexity index is 631. The first-order valence-electron chi connectivity index (χ1n) is 8.51. The first-order valence-corrected chi connectivity index (χ1v) is 9.91. The number of hydrogen-bond donors (Lipinski definition) is 1. The molecule has 0 aromatic heterocycles. The predicted molar refractivity (Wildman–Crippen MR) is 106 cm³/mol. The zero-order chi connectivity index (χ0) is 18.9. The molecule has 1 heterocycles. The van der Waals surface area contributed by atoms with E-state index in [0.717, 1.165) is 41.6 Å². The summed E-state index contributed by atoms with van der Waals surface area (Å²) >= 11 is 6.59. The Kier molecular flexibility index (Phi) is 8.18. The number of hydrogen-bond acceptors (Lipinski definition) is 6. The van der Waals surface area contributed by atoms with Crippen LogP contribution >= 0.6 is 24.0 Å². The van der Waals surface area contributed by atoms with Crippen molar-refractivity contribution in [2.45, 2.75) is 32.4 Å². The molecule has 1 N–H and O–H groups in total. The van der Waals surface area contributed by atoms with E-state index in [1.807, 2.05) is 24.3 Å². The number of amides is 1. The van der Waals surface area contributed by atoms with Crippen molar-refractivity contribution in [1.29, 1.82) is 0 Å². The lowest BCUT2D eigenvalue weighted by Crippen LogP contribution is -2.36. The molecule has 8 heteroatoms. The molecule has 1 saturated heterocycles. The number of carbonyl (C=O) groups is 2. The van der Waals surface area contributed by atoms with E-state index in [1.54, 1.807) is 14.0 Å². The maximum atomic E-state index is 12.1. The largest absolute Gasteiger partial charge is 0.497 e. The highest BCUT2D eigenvalue weighted by Crippen LogP contribution is 2.16. The van der Waals surface area contributed by atoms with Gasteiger partial charge in [0.25, 0.3) is 5.91 Å². The molecule has 0 unspecified atom stereocenters. The highest BCUT2D eigenvalue weighted by atomic mass is 32.2. The molecule has 0 bridgehead atoms. The summed E-state index contributed by atoms with van der Waals surface area (Å²) in [6.07, 6.45) is 1.43. The van der Waals surface area contributed by atoms with Crippen molar-refractivity contribution in [2.75, 3.05) is 26.0 Å². The Morgan fingerprint density at radius 2 is 1.92 bits per heavy atom. The van der Waals surface area contributed by atoms with Crippen LogP contribution in [0.3, 0.4) is 0 Å². The lowest BCUT2D eigenvalue weighted by atomic mass is 10.2. The number of ether oxygens (including phenoxy) is 2.